The van der Waals surface area contributed by atoms with Gasteiger partial charge in [-0.25, -0.2) is 4.98 Å². The normalized spacial score (nSPS) is 10.9. The Morgan fingerprint density at radius 2 is 2.00 bits per heavy atom. The minimum atomic E-state index is -0.322. The number of rotatable bonds is 5. The maximum Gasteiger partial charge on any atom is 0.308 e. The van der Waals surface area contributed by atoms with Crippen LogP contribution in [-0.4, -0.2) is 22.6 Å². The number of fused-ring (bicyclic) bond motifs is 1. The van der Waals surface area contributed by atoms with Gasteiger partial charge in [-0.1, -0.05) is 34.3 Å². The van der Waals surface area contributed by atoms with E-state index < -0.39 is 0 Å². The van der Waals surface area contributed by atoms with Crippen molar-refractivity contribution in [2.45, 2.75) is 6.54 Å². The summed E-state index contributed by atoms with van der Waals surface area (Å²) in [4.78, 5) is 29.6. The van der Waals surface area contributed by atoms with Crippen LogP contribution in [0.15, 0.2) is 53.5 Å². The van der Waals surface area contributed by atoms with Gasteiger partial charge in [0.05, 0.1) is 22.2 Å². The van der Waals surface area contributed by atoms with Crippen molar-refractivity contribution in [3.05, 3.63) is 63.4 Å². The van der Waals surface area contributed by atoms with Crippen molar-refractivity contribution in [1.29, 1.82) is 0 Å². The predicted octanol–water partition coefficient (Wildman–Crippen LogP) is 4.49. The summed E-state index contributed by atoms with van der Waals surface area (Å²) in [5, 5.41) is 3.75. The summed E-state index contributed by atoms with van der Waals surface area (Å²) in [5.74, 6) is 0.452. The average Bonchev–Trinajstić information content (AvgIpc) is 3.27. The van der Waals surface area contributed by atoms with Crippen molar-refractivity contribution >= 4 is 55.5 Å². The molecule has 2 aromatic heterocycles. The van der Waals surface area contributed by atoms with Crippen molar-refractivity contribution in [2.24, 2.45) is 0 Å². The molecule has 0 aliphatic heterocycles. The Kier molecular flexibility index (Phi) is 5.17. The lowest BCUT2D eigenvalue weighted by atomic mass is 10.2. The van der Waals surface area contributed by atoms with Gasteiger partial charge in [-0.3, -0.25) is 14.2 Å². The first-order valence-corrected chi connectivity index (χ1v) is 10.2. The molecule has 142 valence electrons. The van der Waals surface area contributed by atoms with Crippen LogP contribution in [0, 0.1) is 0 Å². The predicted molar refractivity (Wildman–Crippen MR) is 114 cm³/mol. The number of halogens is 1. The van der Waals surface area contributed by atoms with E-state index in [0.717, 1.165) is 32.2 Å². The number of amides is 1. The van der Waals surface area contributed by atoms with Crippen LogP contribution in [0.5, 0.6) is 5.75 Å². The average molecular weight is 432 g/mol. The highest BCUT2D eigenvalue weighted by Crippen LogP contribution is 2.30. The third-order valence-corrected chi connectivity index (χ3v) is 6.21. The first-order valence-electron chi connectivity index (χ1n) is 8.22. The maximum absolute atomic E-state index is 12.4. The summed E-state index contributed by atoms with van der Waals surface area (Å²) in [5.41, 5.74) is 1.63. The van der Waals surface area contributed by atoms with Crippen LogP contribution in [0.4, 0.5) is 5.13 Å². The lowest BCUT2D eigenvalue weighted by Crippen LogP contribution is -2.24. The molecule has 0 saturated carbocycles. The second kappa shape index (κ2) is 7.75. The molecule has 9 heteroatoms. The Morgan fingerprint density at radius 3 is 2.75 bits per heavy atom. The number of nitrogens with one attached hydrogen (secondary N) is 1. The zero-order chi connectivity index (χ0) is 19.7. The topological polar surface area (TPSA) is 73.2 Å². The van der Waals surface area contributed by atoms with Gasteiger partial charge in [-0.05, 0) is 48.0 Å². The third kappa shape index (κ3) is 3.80. The van der Waals surface area contributed by atoms with Gasteiger partial charge in [-0.15, -0.1) is 0 Å². The molecule has 4 aromatic rings. The molecular formula is C19H14ClN3O3S2. The van der Waals surface area contributed by atoms with Crippen LogP contribution >= 0.6 is 34.3 Å². The minimum absolute atomic E-state index is 0.101. The summed E-state index contributed by atoms with van der Waals surface area (Å²) in [6, 6.07) is 12.8. The van der Waals surface area contributed by atoms with Crippen LogP contribution < -0.4 is 14.9 Å². The number of aromatic nitrogens is 2. The van der Waals surface area contributed by atoms with Crippen molar-refractivity contribution in [3.8, 4) is 16.2 Å². The Balaban J connectivity index is 1.50. The number of hydrogen-bond acceptors (Lipinski definition) is 6. The van der Waals surface area contributed by atoms with Crippen molar-refractivity contribution in [3.63, 3.8) is 0 Å². The molecule has 6 nitrogen and oxygen atoms in total. The van der Waals surface area contributed by atoms with Crippen LogP contribution in [-0.2, 0) is 11.3 Å². The highest BCUT2D eigenvalue weighted by atomic mass is 35.5. The highest BCUT2D eigenvalue weighted by molar-refractivity contribution is 7.19. The van der Waals surface area contributed by atoms with Gasteiger partial charge < -0.3 is 10.1 Å². The van der Waals surface area contributed by atoms with Crippen molar-refractivity contribution < 1.29 is 9.53 Å². The van der Waals surface area contributed by atoms with Crippen LogP contribution in [0.1, 0.15) is 0 Å². The summed E-state index contributed by atoms with van der Waals surface area (Å²) >= 11 is 8.47. The molecule has 0 aliphatic carbocycles. The first-order chi connectivity index (χ1) is 13.5. The number of benzene rings is 2. The largest absolute Gasteiger partial charge is 0.497 e. The van der Waals surface area contributed by atoms with E-state index in [1.165, 1.54) is 15.9 Å². The molecule has 1 amide bonds. The fourth-order valence-corrected chi connectivity index (χ4v) is 4.58. The monoisotopic (exact) mass is 431 g/mol. The number of nitrogens with zero attached hydrogens (tertiary/aromatic N) is 2. The summed E-state index contributed by atoms with van der Waals surface area (Å²) in [7, 11) is 1.62. The lowest BCUT2D eigenvalue weighted by Gasteiger charge is -2.04. The van der Waals surface area contributed by atoms with E-state index in [9.17, 15) is 9.59 Å². The van der Waals surface area contributed by atoms with E-state index in [1.54, 1.807) is 31.5 Å². The summed E-state index contributed by atoms with van der Waals surface area (Å²) < 4.78 is 7.36. The smallest absolute Gasteiger partial charge is 0.308 e. The SMILES string of the molecule is COc1ccc(-c2cnc(NC(=O)Cn3c(=O)sc4ccc(Cl)cc43)s2)cc1. The van der Waals surface area contributed by atoms with Gasteiger partial charge in [0.25, 0.3) is 0 Å². The van der Waals surface area contributed by atoms with Crippen LogP contribution in [0.2, 0.25) is 5.02 Å². The molecule has 0 radical (unpaired) electrons. The molecule has 0 spiro atoms. The molecule has 0 bridgehead atoms. The number of thiazole rings is 2. The maximum atomic E-state index is 12.4. The van der Waals surface area contributed by atoms with Gasteiger partial charge in [0.1, 0.15) is 12.3 Å². The van der Waals surface area contributed by atoms with E-state index in [1.807, 2.05) is 24.3 Å². The molecule has 0 fully saturated rings. The fourth-order valence-electron chi connectivity index (χ4n) is 2.71. The third-order valence-electron chi connectivity index (χ3n) is 4.06. The van der Waals surface area contributed by atoms with E-state index in [-0.39, 0.29) is 17.3 Å². The molecule has 4 rings (SSSR count). The zero-order valence-corrected chi connectivity index (χ0v) is 17.0. The van der Waals surface area contributed by atoms with E-state index in [2.05, 4.69) is 10.3 Å². The van der Waals surface area contributed by atoms with Crippen LogP contribution in [0.25, 0.3) is 20.7 Å². The lowest BCUT2D eigenvalue weighted by molar-refractivity contribution is -0.116. The van der Waals surface area contributed by atoms with Gasteiger partial charge in [0.2, 0.25) is 5.91 Å². The molecule has 2 aromatic carbocycles. The number of hydrogen-bond donors (Lipinski definition) is 1. The van der Waals surface area contributed by atoms with Crippen molar-refractivity contribution in [2.75, 3.05) is 12.4 Å². The standard InChI is InChI=1S/C19H14ClN3O3S2/c1-26-13-5-2-11(3-6-13)16-9-21-18(27-16)22-17(24)10-23-14-8-12(20)4-7-15(14)28-19(23)25/h2-9H,10H2,1H3,(H,21,22,24). The quantitative estimate of drug-likeness (QED) is 0.505. The highest BCUT2D eigenvalue weighted by Gasteiger charge is 2.13. The summed E-state index contributed by atoms with van der Waals surface area (Å²) in [6.45, 7) is -0.101. The van der Waals surface area contributed by atoms with E-state index in [0.29, 0.717) is 15.7 Å². The molecule has 0 atom stereocenters. The van der Waals surface area contributed by atoms with Gasteiger partial charge in [0, 0.05) is 11.2 Å². The minimum Gasteiger partial charge on any atom is -0.497 e. The van der Waals surface area contributed by atoms with Gasteiger partial charge in [0.15, 0.2) is 5.13 Å². The Hall–Kier alpha value is -2.68. The molecule has 0 aliphatic rings. The van der Waals surface area contributed by atoms with E-state index >= 15 is 0 Å². The second-order valence-corrected chi connectivity index (χ2v) is 8.33. The Bertz CT molecular complexity index is 1210. The number of carbonyl (C=O) groups excluding carboxylic acids is 1. The van der Waals surface area contributed by atoms with Crippen molar-refractivity contribution in [1.82, 2.24) is 9.55 Å². The fraction of sp³-hybridized carbons (Fsp3) is 0.105. The first kappa shape index (κ1) is 18.7. The molecule has 28 heavy (non-hydrogen) atoms. The summed E-state index contributed by atoms with van der Waals surface area (Å²) in [6.07, 6.45) is 1.70. The molecule has 0 saturated heterocycles. The van der Waals surface area contributed by atoms with E-state index in [4.69, 9.17) is 16.3 Å². The second-order valence-electron chi connectivity index (χ2n) is 5.87. The van der Waals surface area contributed by atoms with Gasteiger partial charge >= 0.3 is 4.87 Å². The Morgan fingerprint density at radius 1 is 1.21 bits per heavy atom. The molecule has 1 N–H and O–H groups in total. The number of ether oxygens (including phenoxy) is 1. The zero-order valence-electron chi connectivity index (χ0n) is 14.6. The number of methoxy groups -OCH3 is 1. The number of carbonyl (C=O) groups is 1. The molecule has 2 heterocycles. The van der Waals surface area contributed by atoms with Gasteiger partial charge in [-0.2, -0.15) is 0 Å². The van der Waals surface area contributed by atoms with Crippen LogP contribution in [0.3, 0.4) is 0 Å². The molecular weight excluding hydrogens is 418 g/mol. The Labute approximate surface area is 173 Å². The number of anilines is 1. The molecule has 0 unspecified atom stereocenters.